The molecular weight excluding hydrogens is 170 g/mol. The fourth-order valence-corrected chi connectivity index (χ4v) is 0.563. The Morgan fingerprint density at radius 3 is 2.38 bits per heavy atom. The van der Waals surface area contributed by atoms with Crippen LogP contribution in [0.3, 0.4) is 0 Å². The lowest BCUT2D eigenvalue weighted by Crippen LogP contribution is -2.38. The van der Waals surface area contributed by atoms with E-state index in [0.717, 1.165) is 0 Å². The monoisotopic (exact) mass is 187 g/mol. The SMILES string of the molecule is CNC(=N)CNC(=O)OC(C)(C)C. The first-order valence-corrected chi connectivity index (χ1v) is 4.07. The van der Waals surface area contributed by atoms with E-state index in [9.17, 15) is 4.79 Å². The third kappa shape index (κ3) is 7.11. The summed E-state index contributed by atoms with van der Waals surface area (Å²) < 4.78 is 4.96. The summed E-state index contributed by atoms with van der Waals surface area (Å²) in [5, 5.41) is 12.2. The predicted octanol–water partition coefficient (Wildman–Crippen LogP) is 0.708. The smallest absolute Gasteiger partial charge is 0.408 e. The number of likely N-dealkylation sites (N-methyl/N-ethyl adjacent to an activating group) is 1. The molecule has 0 rings (SSSR count). The summed E-state index contributed by atoms with van der Waals surface area (Å²) in [6, 6.07) is 0. The number of carbonyl (C=O) groups excluding carboxylic acids is 1. The second-order valence-electron chi connectivity index (χ2n) is 3.58. The van der Waals surface area contributed by atoms with Gasteiger partial charge in [0.2, 0.25) is 0 Å². The topological polar surface area (TPSA) is 74.2 Å². The molecule has 5 nitrogen and oxygen atoms in total. The molecule has 0 aliphatic carbocycles. The van der Waals surface area contributed by atoms with Gasteiger partial charge in [-0.1, -0.05) is 0 Å². The first kappa shape index (κ1) is 11.7. The van der Waals surface area contributed by atoms with E-state index in [1.165, 1.54) is 0 Å². The molecule has 0 saturated carbocycles. The van der Waals surface area contributed by atoms with E-state index in [1.54, 1.807) is 27.8 Å². The number of amidine groups is 1. The quantitative estimate of drug-likeness (QED) is 0.440. The molecule has 1 amide bonds. The Kier molecular flexibility index (Phi) is 4.23. The second kappa shape index (κ2) is 4.69. The van der Waals surface area contributed by atoms with E-state index >= 15 is 0 Å². The van der Waals surface area contributed by atoms with E-state index in [4.69, 9.17) is 10.1 Å². The van der Waals surface area contributed by atoms with Gasteiger partial charge >= 0.3 is 6.09 Å². The third-order valence-electron chi connectivity index (χ3n) is 1.11. The average molecular weight is 187 g/mol. The summed E-state index contributed by atoms with van der Waals surface area (Å²) in [5.74, 6) is 0.242. The number of nitrogens with one attached hydrogen (secondary N) is 3. The number of ether oxygens (including phenoxy) is 1. The van der Waals surface area contributed by atoms with Crippen molar-refractivity contribution in [3.8, 4) is 0 Å². The van der Waals surface area contributed by atoms with Crippen molar-refractivity contribution < 1.29 is 9.53 Å². The van der Waals surface area contributed by atoms with Crippen LogP contribution in [0, 0.1) is 5.41 Å². The minimum absolute atomic E-state index is 0.158. The summed E-state index contributed by atoms with van der Waals surface area (Å²) in [5.41, 5.74) is -0.494. The molecule has 0 atom stereocenters. The van der Waals surface area contributed by atoms with Crippen LogP contribution in [0.2, 0.25) is 0 Å². The van der Waals surface area contributed by atoms with Crippen molar-refractivity contribution in [2.75, 3.05) is 13.6 Å². The van der Waals surface area contributed by atoms with Crippen LogP contribution in [-0.4, -0.2) is 31.1 Å². The molecule has 0 fully saturated rings. The van der Waals surface area contributed by atoms with Gasteiger partial charge in [-0.05, 0) is 20.8 Å². The van der Waals surface area contributed by atoms with Gasteiger partial charge in [0.15, 0.2) is 0 Å². The Balaban J connectivity index is 3.71. The zero-order chi connectivity index (χ0) is 10.5. The van der Waals surface area contributed by atoms with Gasteiger partial charge in [-0.15, -0.1) is 0 Å². The summed E-state index contributed by atoms with van der Waals surface area (Å²) in [4.78, 5) is 11.0. The minimum atomic E-state index is -0.507. The fraction of sp³-hybridized carbons (Fsp3) is 0.750. The number of amides is 1. The average Bonchev–Trinajstić information content (AvgIpc) is 1.97. The van der Waals surface area contributed by atoms with Crippen LogP contribution in [0.15, 0.2) is 0 Å². The van der Waals surface area contributed by atoms with E-state index in [0.29, 0.717) is 0 Å². The van der Waals surface area contributed by atoms with Gasteiger partial charge in [0.1, 0.15) is 11.4 Å². The molecule has 0 unspecified atom stereocenters. The van der Waals surface area contributed by atoms with Gasteiger partial charge in [0.05, 0.1) is 6.54 Å². The minimum Gasteiger partial charge on any atom is -0.444 e. The molecule has 0 aromatic heterocycles. The molecule has 0 radical (unpaired) electrons. The van der Waals surface area contributed by atoms with E-state index in [-0.39, 0.29) is 12.4 Å². The Hall–Kier alpha value is -1.26. The summed E-state index contributed by atoms with van der Waals surface area (Å²) >= 11 is 0. The van der Waals surface area contributed by atoms with Gasteiger partial charge in [-0.2, -0.15) is 0 Å². The van der Waals surface area contributed by atoms with Crippen molar-refractivity contribution in [1.82, 2.24) is 10.6 Å². The molecule has 5 heteroatoms. The molecule has 0 aromatic rings. The highest BCUT2D eigenvalue weighted by Gasteiger charge is 2.15. The largest absolute Gasteiger partial charge is 0.444 e. The lowest BCUT2D eigenvalue weighted by atomic mass is 10.2. The van der Waals surface area contributed by atoms with Gasteiger partial charge in [-0.3, -0.25) is 5.41 Å². The van der Waals surface area contributed by atoms with Crippen LogP contribution >= 0.6 is 0 Å². The van der Waals surface area contributed by atoms with Crippen LogP contribution in [0.5, 0.6) is 0 Å². The van der Waals surface area contributed by atoms with Crippen LogP contribution in [-0.2, 0) is 4.74 Å². The normalized spacial score (nSPS) is 10.5. The Morgan fingerprint density at radius 1 is 1.46 bits per heavy atom. The maximum atomic E-state index is 11.0. The molecule has 0 aliphatic heterocycles. The van der Waals surface area contributed by atoms with Crippen LogP contribution in [0.4, 0.5) is 4.79 Å². The van der Waals surface area contributed by atoms with Crippen molar-refractivity contribution in [1.29, 1.82) is 5.41 Å². The lowest BCUT2D eigenvalue weighted by molar-refractivity contribution is 0.0535. The Labute approximate surface area is 78.4 Å². The second-order valence-corrected chi connectivity index (χ2v) is 3.58. The summed E-state index contributed by atoms with van der Waals surface area (Å²) in [7, 11) is 1.62. The predicted molar refractivity (Wildman–Crippen MR) is 51.0 cm³/mol. The van der Waals surface area contributed by atoms with Crippen molar-refractivity contribution in [2.45, 2.75) is 26.4 Å². The molecule has 3 N–H and O–H groups in total. The molecule has 0 heterocycles. The van der Waals surface area contributed by atoms with Crippen LogP contribution in [0.1, 0.15) is 20.8 Å². The molecule has 76 valence electrons. The van der Waals surface area contributed by atoms with Crippen molar-refractivity contribution in [3.63, 3.8) is 0 Å². The van der Waals surface area contributed by atoms with Crippen molar-refractivity contribution >= 4 is 11.9 Å². The molecule has 0 aliphatic rings. The highest BCUT2D eigenvalue weighted by molar-refractivity contribution is 5.84. The van der Waals surface area contributed by atoms with Gasteiger partial charge in [0, 0.05) is 7.05 Å². The molecule has 0 saturated heterocycles. The zero-order valence-electron chi connectivity index (χ0n) is 8.52. The summed E-state index contributed by atoms with van der Waals surface area (Å²) in [6.07, 6.45) is -0.507. The van der Waals surface area contributed by atoms with Gasteiger partial charge in [0.25, 0.3) is 0 Å². The van der Waals surface area contributed by atoms with E-state index in [1.807, 2.05) is 0 Å². The highest BCUT2D eigenvalue weighted by atomic mass is 16.6. The number of hydrogen-bond donors (Lipinski definition) is 3. The molecule has 0 aromatic carbocycles. The van der Waals surface area contributed by atoms with E-state index < -0.39 is 11.7 Å². The number of alkyl carbamates (subject to hydrolysis) is 1. The Bertz CT molecular complexity index is 196. The first-order chi connectivity index (χ1) is 5.85. The van der Waals surface area contributed by atoms with E-state index in [2.05, 4.69) is 10.6 Å². The number of carbonyl (C=O) groups is 1. The maximum Gasteiger partial charge on any atom is 0.408 e. The molecular formula is C8H17N3O2. The van der Waals surface area contributed by atoms with Crippen molar-refractivity contribution in [3.05, 3.63) is 0 Å². The van der Waals surface area contributed by atoms with Crippen LogP contribution < -0.4 is 10.6 Å². The van der Waals surface area contributed by atoms with Gasteiger partial charge in [-0.25, -0.2) is 4.79 Å². The van der Waals surface area contributed by atoms with Gasteiger partial charge < -0.3 is 15.4 Å². The lowest BCUT2D eigenvalue weighted by Gasteiger charge is -2.19. The third-order valence-corrected chi connectivity index (χ3v) is 1.11. The van der Waals surface area contributed by atoms with Crippen LogP contribution in [0.25, 0.3) is 0 Å². The van der Waals surface area contributed by atoms with Crippen molar-refractivity contribution in [2.24, 2.45) is 0 Å². The summed E-state index contributed by atoms with van der Waals surface area (Å²) in [6.45, 7) is 5.52. The molecule has 0 bridgehead atoms. The molecule has 0 spiro atoms. The number of rotatable bonds is 2. The molecule has 13 heavy (non-hydrogen) atoms. The fourth-order valence-electron chi connectivity index (χ4n) is 0.563. The maximum absolute atomic E-state index is 11.0. The first-order valence-electron chi connectivity index (χ1n) is 4.07. The zero-order valence-corrected chi connectivity index (χ0v) is 8.52. The number of hydrogen-bond acceptors (Lipinski definition) is 3. The highest BCUT2D eigenvalue weighted by Crippen LogP contribution is 2.05. The Morgan fingerprint density at radius 2 is 2.00 bits per heavy atom. The standard InChI is InChI=1S/C8H17N3O2/c1-8(2,3)13-7(12)11-5-6(9)10-4/h5H2,1-4H3,(H2,9,10)(H,11,12).